The summed E-state index contributed by atoms with van der Waals surface area (Å²) in [6, 6.07) is 1.96. The van der Waals surface area contributed by atoms with E-state index in [9.17, 15) is 0 Å². The maximum Gasteiger partial charge on any atom is 0.157 e. The Morgan fingerprint density at radius 1 is 1.43 bits per heavy atom. The van der Waals surface area contributed by atoms with Crippen LogP contribution in [-0.4, -0.2) is 14.6 Å². The van der Waals surface area contributed by atoms with E-state index >= 15 is 0 Å². The molecule has 2 aromatic rings. The lowest BCUT2D eigenvalue weighted by molar-refractivity contribution is 0.896. The Labute approximate surface area is 86.7 Å². The van der Waals surface area contributed by atoms with Gasteiger partial charge in [-0.25, -0.2) is 9.50 Å². The molecular weight excluding hydrogens is 198 g/mol. The average molecular weight is 208 g/mol. The minimum atomic E-state index is 0.746. The van der Waals surface area contributed by atoms with Gasteiger partial charge < -0.3 is 0 Å². The van der Waals surface area contributed by atoms with Gasteiger partial charge >= 0.3 is 0 Å². The van der Waals surface area contributed by atoms with E-state index in [0.29, 0.717) is 0 Å². The van der Waals surface area contributed by atoms with E-state index in [2.05, 4.69) is 10.1 Å². The smallest absolute Gasteiger partial charge is 0.157 e. The van der Waals surface area contributed by atoms with Crippen LogP contribution in [-0.2, 0) is 12.8 Å². The van der Waals surface area contributed by atoms with Gasteiger partial charge in [-0.2, -0.15) is 5.10 Å². The van der Waals surface area contributed by atoms with Crippen LogP contribution >= 0.6 is 11.6 Å². The molecule has 0 unspecified atom stereocenters. The van der Waals surface area contributed by atoms with E-state index in [1.54, 1.807) is 4.52 Å². The number of halogens is 1. The largest absolute Gasteiger partial charge is 0.233 e. The highest BCUT2D eigenvalue weighted by atomic mass is 35.5. The molecule has 1 aliphatic rings. The first-order valence-corrected chi connectivity index (χ1v) is 5.17. The van der Waals surface area contributed by atoms with Crippen LogP contribution in [0.2, 0.25) is 5.15 Å². The predicted molar refractivity (Wildman–Crippen MR) is 54.8 cm³/mol. The Kier molecular flexibility index (Phi) is 1.59. The summed E-state index contributed by atoms with van der Waals surface area (Å²) in [5, 5.41) is 5.06. The molecule has 72 valence electrons. The molecule has 0 fully saturated rings. The molecule has 0 saturated carbocycles. The van der Waals surface area contributed by atoms with Crippen LogP contribution in [0.4, 0.5) is 0 Å². The molecule has 3 nitrogen and oxygen atoms in total. The summed E-state index contributed by atoms with van der Waals surface area (Å²) in [5.74, 6) is 0. The molecule has 3 rings (SSSR count). The fraction of sp³-hybridized carbons (Fsp3) is 0.400. The van der Waals surface area contributed by atoms with Gasteiger partial charge in [0.2, 0.25) is 0 Å². The number of aromatic nitrogens is 3. The van der Waals surface area contributed by atoms with Crippen molar-refractivity contribution in [2.45, 2.75) is 26.2 Å². The standard InChI is InChI=1S/C10H10ClN3/c1-6-5-9-12-8-4-2-3-7(8)10(11)14(9)13-6/h5H,2-4H2,1H3. The summed E-state index contributed by atoms with van der Waals surface area (Å²) in [7, 11) is 0. The zero-order chi connectivity index (χ0) is 9.71. The first-order chi connectivity index (χ1) is 6.75. The second-order valence-electron chi connectivity index (χ2n) is 3.74. The predicted octanol–water partition coefficient (Wildman–Crippen LogP) is 2.18. The average Bonchev–Trinajstić information content (AvgIpc) is 2.71. The Balaban J connectivity index is 2.42. The van der Waals surface area contributed by atoms with Crippen LogP contribution in [0.25, 0.3) is 5.65 Å². The number of nitrogens with zero attached hydrogens (tertiary/aromatic N) is 3. The zero-order valence-electron chi connectivity index (χ0n) is 7.92. The fourth-order valence-electron chi connectivity index (χ4n) is 2.05. The SMILES string of the molecule is Cc1cc2nc3c(c(Cl)n2n1)CCC3. The van der Waals surface area contributed by atoms with Crippen molar-refractivity contribution in [1.29, 1.82) is 0 Å². The molecule has 0 bridgehead atoms. The third-order valence-electron chi connectivity index (χ3n) is 2.69. The van der Waals surface area contributed by atoms with Gasteiger partial charge in [-0.1, -0.05) is 11.6 Å². The summed E-state index contributed by atoms with van der Waals surface area (Å²) in [6.07, 6.45) is 3.25. The monoisotopic (exact) mass is 207 g/mol. The number of aryl methyl sites for hydroxylation is 2. The van der Waals surface area contributed by atoms with Crippen LogP contribution in [0.5, 0.6) is 0 Å². The van der Waals surface area contributed by atoms with E-state index in [0.717, 1.165) is 41.5 Å². The molecule has 0 saturated heterocycles. The number of fused-ring (bicyclic) bond motifs is 2. The molecular formula is C10H10ClN3. The van der Waals surface area contributed by atoms with Gasteiger partial charge in [0, 0.05) is 17.3 Å². The normalized spacial score (nSPS) is 15.0. The summed E-state index contributed by atoms with van der Waals surface area (Å²) >= 11 is 6.26. The summed E-state index contributed by atoms with van der Waals surface area (Å²) in [4.78, 5) is 4.55. The zero-order valence-corrected chi connectivity index (χ0v) is 8.67. The molecule has 4 heteroatoms. The van der Waals surface area contributed by atoms with Crippen LogP contribution in [0.15, 0.2) is 6.07 Å². The molecule has 2 heterocycles. The van der Waals surface area contributed by atoms with Gasteiger partial charge in [-0.3, -0.25) is 0 Å². The van der Waals surface area contributed by atoms with Gasteiger partial charge in [0.15, 0.2) is 5.65 Å². The third-order valence-corrected chi connectivity index (χ3v) is 3.07. The van der Waals surface area contributed by atoms with Crippen LogP contribution in [0.1, 0.15) is 23.4 Å². The highest BCUT2D eigenvalue weighted by Crippen LogP contribution is 2.28. The molecule has 0 aromatic carbocycles. The van der Waals surface area contributed by atoms with Crippen molar-refractivity contribution in [2.24, 2.45) is 0 Å². The number of hydrogen-bond acceptors (Lipinski definition) is 2. The molecule has 0 spiro atoms. The minimum absolute atomic E-state index is 0.746. The topological polar surface area (TPSA) is 30.2 Å². The van der Waals surface area contributed by atoms with Crippen molar-refractivity contribution in [3.63, 3.8) is 0 Å². The summed E-state index contributed by atoms with van der Waals surface area (Å²) in [6.45, 7) is 1.95. The molecule has 0 radical (unpaired) electrons. The Morgan fingerprint density at radius 3 is 3.14 bits per heavy atom. The first kappa shape index (κ1) is 8.24. The second kappa shape index (κ2) is 2.70. The van der Waals surface area contributed by atoms with Crippen molar-refractivity contribution in [3.05, 3.63) is 28.2 Å². The Hall–Kier alpha value is -1.09. The highest BCUT2D eigenvalue weighted by Gasteiger charge is 2.19. The second-order valence-corrected chi connectivity index (χ2v) is 4.10. The molecule has 2 aromatic heterocycles. The van der Waals surface area contributed by atoms with Crippen molar-refractivity contribution >= 4 is 17.2 Å². The van der Waals surface area contributed by atoms with Gasteiger partial charge in [0.25, 0.3) is 0 Å². The molecule has 0 amide bonds. The van der Waals surface area contributed by atoms with Gasteiger partial charge in [-0.05, 0) is 26.2 Å². The lowest BCUT2D eigenvalue weighted by Gasteiger charge is -2.03. The number of hydrogen-bond donors (Lipinski definition) is 0. The molecule has 1 aliphatic carbocycles. The van der Waals surface area contributed by atoms with Crippen molar-refractivity contribution in [1.82, 2.24) is 14.6 Å². The van der Waals surface area contributed by atoms with E-state index in [1.165, 1.54) is 5.56 Å². The molecule has 0 N–H and O–H groups in total. The maximum atomic E-state index is 6.26. The van der Waals surface area contributed by atoms with E-state index < -0.39 is 0 Å². The van der Waals surface area contributed by atoms with E-state index in [1.807, 2.05) is 13.0 Å². The maximum absolute atomic E-state index is 6.26. The number of rotatable bonds is 0. The van der Waals surface area contributed by atoms with Crippen LogP contribution in [0.3, 0.4) is 0 Å². The first-order valence-electron chi connectivity index (χ1n) is 4.79. The van der Waals surface area contributed by atoms with Crippen molar-refractivity contribution in [2.75, 3.05) is 0 Å². The molecule has 14 heavy (non-hydrogen) atoms. The van der Waals surface area contributed by atoms with Crippen LogP contribution < -0.4 is 0 Å². The highest BCUT2D eigenvalue weighted by molar-refractivity contribution is 6.30. The van der Waals surface area contributed by atoms with Crippen molar-refractivity contribution < 1.29 is 0 Å². The van der Waals surface area contributed by atoms with Gasteiger partial charge in [0.1, 0.15) is 5.15 Å². The van der Waals surface area contributed by atoms with Gasteiger partial charge in [0.05, 0.1) is 5.69 Å². The summed E-state index contributed by atoms with van der Waals surface area (Å²) < 4.78 is 1.74. The van der Waals surface area contributed by atoms with Crippen LogP contribution in [0, 0.1) is 6.92 Å². The van der Waals surface area contributed by atoms with Gasteiger partial charge in [-0.15, -0.1) is 0 Å². The Morgan fingerprint density at radius 2 is 2.29 bits per heavy atom. The fourth-order valence-corrected chi connectivity index (χ4v) is 2.38. The third kappa shape index (κ3) is 0.989. The van der Waals surface area contributed by atoms with E-state index in [4.69, 9.17) is 11.6 Å². The molecule has 0 atom stereocenters. The lowest BCUT2D eigenvalue weighted by Crippen LogP contribution is -1.99. The molecule has 0 aliphatic heterocycles. The van der Waals surface area contributed by atoms with E-state index in [-0.39, 0.29) is 0 Å². The quantitative estimate of drug-likeness (QED) is 0.620. The minimum Gasteiger partial charge on any atom is -0.233 e. The lowest BCUT2D eigenvalue weighted by atomic mass is 10.3. The van der Waals surface area contributed by atoms with Crippen molar-refractivity contribution in [3.8, 4) is 0 Å². The summed E-state index contributed by atoms with van der Waals surface area (Å²) in [5.41, 5.74) is 4.17. The Bertz CT molecular complexity index is 516.